The third-order valence-corrected chi connectivity index (χ3v) is 2.89. The molecule has 4 nitrogen and oxygen atoms in total. The number of nitrogens with two attached hydrogens (primary N) is 1. The zero-order chi connectivity index (χ0) is 14.9. The molecule has 0 unspecified atom stereocenters. The average Bonchev–Trinajstić information content (AvgIpc) is 2.48. The fraction of sp³-hybridized carbons (Fsp3) is 0.235. The van der Waals surface area contributed by atoms with Crippen LogP contribution in [0.1, 0.15) is 12.0 Å². The van der Waals surface area contributed by atoms with Crippen LogP contribution >= 0.6 is 24.0 Å². The van der Waals surface area contributed by atoms with Gasteiger partial charge in [0, 0.05) is 18.7 Å². The zero-order valence-corrected chi connectivity index (χ0v) is 15.0. The quantitative estimate of drug-likeness (QED) is 0.329. The maximum absolute atomic E-state index is 5.85. The molecule has 0 fully saturated rings. The number of nitrogens with zero attached hydrogens (tertiary/aromatic N) is 1. The number of aryl methyl sites for hydroxylation is 1. The van der Waals surface area contributed by atoms with Crippen LogP contribution in [0.25, 0.3) is 0 Å². The van der Waals surface area contributed by atoms with Gasteiger partial charge in [0.2, 0.25) is 0 Å². The largest absolute Gasteiger partial charge is 0.494 e. The van der Waals surface area contributed by atoms with Crippen LogP contribution < -0.4 is 15.8 Å². The van der Waals surface area contributed by atoms with E-state index in [0.29, 0.717) is 19.1 Å². The Kier molecular flexibility index (Phi) is 8.35. The summed E-state index contributed by atoms with van der Waals surface area (Å²) in [7, 11) is 0. The molecule has 0 aromatic heterocycles. The Labute approximate surface area is 148 Å². The summed E-state index contributed by atoms with van der Waals surface area (Å²) in [5.41, 5.74) is 7.99. The molecule has 2 rings (SSSR count). The van der Waals surface area contributed by atoms with Crippen LogP contribution in [0.4, 0.5) is 5.69 Å². The number of hydrogen-bond donors (Lipinski definition) is 2. The fourth-order valence-electron chi connectivity index (χ4n) is 1.88. The van der Waals surface area contributed by atoms with Crippen LogP contribution in [0, 0.1) is 6.92 Å². The molecule has 0 aliphatic carbocycles. The number of halogens is 1. The minimum absolute atomic E-state index is 0. The zero-order valence-electron chi connectivity index (χ0n) is 12.7. The Morgan fingerprint density at radius 1 is 1.14 bits per heavy atom. The predicted octanol–water partition coefficient (Wildman–Crippen LogP) is 3.81. The first-order valence-electron chi connectivity index (χ1n) is 7.05. The molecule has 0 bridgehead atoms. The summed E-state index contributed by atoms with van der Waals surface area (Å²) in [6.07, 6.45) is 0.824. The summed E-state index contributed by atoms with van der Waals surface area (Å²) in [5.74, 6) is 1.31. The fourth-order valence-corrected chi connectivity index (χ4v) is 1.88. The number of para-hydroxylation sites is 1. The van der Waals surface area contributed by atoms with Gasteiger partial charge in [0.05, 0.1) is 6.61 Å². The summed E-state index contributed by atoms with van der Waals surface area (Å²) < 4.78 is 5.59. The summed E-state index contributed by atoms with van der Waals surface area (Å²) in [6, 6.07) is 17.8. The number of rotatable bonds is 6. The van der Waals surface area contributed by atoms with Crippen molar-refractivity contribution < 1.29 is 4.74 Å². The van der Waals surface area contributed by atoms with E-state index in [4.69, 9.17) is 10.5 Å². The Morgan fingerprint density at radius 2 is 1.91 bits per heavy atom. The number of guanidine groups is 1. The molecular weight excluding hydrogens is 389 g/mol. The van der Waals surface area contributed by atoms with E-state index in [1.54, 1.807) is 0 Å². The Hall–Kier alpha value is -1.76. The first kappa shape index (κ1) is 18.3. The van der Waals surface area contributed by atoms with E-state index in [-0.39, 0.29) is 24.0 Å². The molecule has 0 spiro atoms. The molecule has 0 amide bonds. The molecule has 3 N–H and O–H groups in total. The molecule has 2 aromatic rings. The van der Waals surface area contributed by atoms with Crippen molar-refractivity contribution in [1.82, 2.24) is 0 Å². The van der Waals surface area contributed by atoms with E-state index in [2.05, 4.69) is 10.3 Å². The third-order valence-electron chi connectivity index (χ3n) is 2.89. The summed E-state index contributed by atoms with van der Waals surface area (Å²) in [6.45, 7) is 3.31. The number of benzene rings is 2. The number of aliphatic imine (C=N–C) groups is 1. The Morgan fingerprint density at radius 3 is 2.64 bits per heavy atom. The van der Waals surface area contributed by atoms with E-state index in [9.17, 15) is 0 Å². The summed E-state index contributed by atoms with van der Waals surface area (Å²) >= 11 is 0. The van der Waals surface area contributed by atoms with Gasteiger partial charge in [-0.1, -0.05) is 30.3 Å². The van der Waals surface area contributed by atoms with E-state index in [0.717, 1.165) is 17.9 Å². The Balaban J connectivity index is 0.00000242. The standard InChI is InChI=1S/C17H21N3O.HI/c1-14-7-5-8-15(13-14)20-17(18)19-11-6-12-21-16-9-3-2-4-10-16;/h2-5,7-10,13H,6,11-12H2,1H3,(H3,18,19,20);1H. The van der Waals surface area contributed by atoms with Gasteiger partial charge in [0.1, 0.15) is 5.75 Å². The SMILES string of the molecule is Cc1cccc(NC(N)=NCCCOc2ccccc2)c1.I. The van der Waals surface area contributed by atoms with Gasteiger partial charge < -0.3 is 15.8 Å². The Bertz CT molecular complexity index is 587. The lowest BCUT2D eigenvalue weighted by Crippen LogP contribution is -2.23. The molecule has 0 radical (unpaired) electrons. The van der Waals surface area contributed by atoms with Crippen LogP contribution in [-0.4, -0.2) is 19.1 Å². The minimum atomic E-state index is 0. The second-order valence-electron chi connectivity index (χ2n) is 4.78. The van der Waals surface area contributed by atoms with Gasteiger partial charge in [0.25, 0.3) is 0 Å². The van der Waals surface area contributed by atoms with Crippen molar-refractivity contribution in [2.24, 2.45) is 10.7 Å². The van der Waals surface area contributed by atoms with Crippen molar-refractivity contribution in [2.75, 3.05) is 18.5 Å². The molecule has 0 aliphatic rings. The number of anilines is 1. The highest BCUT2D eigenvalue weighted by molar-refractivity contribution is 14.0. The highest BCUT2D eigenvalue weighted by Crippen LogP contribution is 2.09. The molecule has 2 aromatic carbocycles. The van der Waals surface area contributed by atoms with Crippen molar-refractivity contribution in [2.45, 2.75) is 13.3 Å². The van der Waals surface area contributed by atoms with Gasteiger partial charge in [-0.15, -0.1) is 24.0 Å². The number of ether oxygens (including phenoxy) is 1. The molecule has 22 heavy (non-hydrogen) atoms. The van der Waals surface area contributed by atoms with Gasteiger partial charge >= 0.3 is 0 Å². The topological polar surface area (TPSA) is 59.6 Å². The molecule has 0 atom stereocenters. The average molecular weight is 411 g/mol. The molecule has 5 heteroatoms. The van der Waals surface area contributed by atoms with Crippen LogP contribution in [0.15, 0.2) is 59.6 Å². The van der Waals surface area contributed by atoms with Gasteiger partial charge in [0.15, 0.2) is 5.96 Å². The normalized spacial score (nSPS) is 10.7. The van der Waals surface area contributed by atoms with E-state index in [1.807, 2.05) is 61.5 Å². The highest BCUT2D eigenvalue weighted by Gasteiger charge is 1.96. The van der Waals surface area contributed by atoms with Crippen molar-refractivity contribution >= 4 is 35.6 Å². The maximum Gasteiger partial charge on any atom is 0.193 e. The molecule has 0 saturated heterocycles. The van der Waals surface area contributed by atoms with E-state index >= 15 is 0 Å². The lowest BCUT2D eigenvalue weighted by Gasteiger charge is -2.07. The lowest BCUT2D eigenvalue weighted by atomic mass is 10.2. The second kappa shape index (κ2) is 10.0. The smallest absolute Gasteiger partial charge is 0.193 e. The monoisotopic (exact) mass is 411 g/mol. The maximum atomic E-state index is 5.85. The van der Waals surface area contributed by atoms with Crippen molar-refractivity contribution in [3.05, 3.63) is 60.2 Å². The van der Waals surface area contributed by atoms with Crippen LogP contribution in [-0.2, 0) is 0 Å². The minimum Gasteiger partial charge on any atom is -0.494 e. The third kappa shape index (κ3) is 6.80. The van der Waals surface area contributed by atoms with Gasteiger partial charge in [-0.05, 0) is 36.8 Å². The lowest BCUT2D eigenvalue weighted by molar-refractivity contribution is 0.313. The van der Waals surface area contributed by atoms with Crippen LogP contribution in [0.5, 0.6) is 5.75 Å². The number of hydrogen-bond acceptors (Lipinski definition) is 2. The number of nitrogens with one attached hydrogen (secondary N) is 1. The molecule has 0 heterocycles. The van der Waals surface area contributed by atoms with Crippen molar-refractivity contribution in [3.8, 4) is 5.75 Å². The second-order valence-corrected chi connectivity index (χ2v) is 4.78. The van der Waals surface area contributed by atoms with Crippen LogP contribution in [0.2, 0.25) is 0 Å². The van der Waals surface area contributed by atoms with Crippen LogP contribution in [0.3, 0.4) is 0 Å². The van der Waals surface area contributed by atoms with Crippen molar-refractivity contribution in [3.63, 3.8) is 0 Å². The highest BCUT2D eigenvalue weighted by atomic mass is 127. The first-order chi connectivity index (χ1) is 10.2. The van der Waals surface area contributed by atoms with E-state index < -0.39 is 0 Å². The van der Waals surface area contributed by atoms with Gasteiger partial charge in [-0.2, -0.15) is 0 Å². The first-order valence-corrected chi connectivity index (χ1v) is 7.05. The molecular formula is C17H22IN3O. The molecule has 0 saturated carbocycles. The van der Waals surface area contributed by atoms with Crippen molar-refractivity contribution in [1.29, 1.82) is 0 Å². The van der Waals surface area contributed by atoms with Gasteiger partial charge in [-0.3, -0.25) is 4.99 Å². The summed E-state index contributed by atoms with van der Waals surface area (Å²) in [4.78, 5) is 4.28. The molecule has 118 valence electrons. The summed E-state index contributed by atoms with van der Waals surface area (Å²) in [5, 5.41) is 3.08. The molecule has 0 aliphatic heterocycles. The van der Waals surface area contributed by atoms with E-state index in [1.165, 1.54) is 5.56 Å². The predicted molar refractivity (Wildman–Crippen MR) is 103 cm³/mol. The van der Waals surface area contributed by atoms with Gasteiger partial charge in [-0.25, -0.2) is 0 Å².